The zero-order chi connectivity index (χ0) is 20.4. The Kier molecular flexibility index (Phi) is 5.53. The number of aromatic nitrogens is 3. The predicted molar refractivity (Wildman–Crippen MR) is 119 cm³/mol. The fraction of sp³-hybridized carbons (Fsp3) is 0.261. The summed E-state index contributed by atoms with van der Waals surface area (Å²) in [6.07, 6.45) is 0.827. The van der Waals surface area contributed by atoms with Gasteiger partial charge in [-0.25, -0.2) is 0 Å². The highest BCUT2D eigenvalue weighted by Crippen LogP contribution is 2.28. The molecule has 4 rings (SSSR count). The van der Waals surface area contributed by atoms with E-state index in [9.17, 15) is 4.79 Å². The Bertz CT molecular complexity index is 1180. The summed E-state index contributed by atoms with van der Waals surface area (Å²) in [6, 6.07) is 16.6. The van der Waals surface area contributed by atoms with Gasteiger partial charge < -0.3 is 5.32 Å². The van der Waals surface area contributed by atoms with Gasteiger partial charge in [0.1, 0.15) is 0 Å². The summed E-state index contributed by atoms with van der Waals surface area (Å²) in [7, 11) is 0. The normalized spacial score (nSPS) is 11.3. The highest BCUT2D eigenvalue weighted by atomic mass is 32.2. The first-order valence-corrected chi connectivity index (χ1v) is 10.7. The Morgan fingerprint density at radius 2 is 1.83 bits per heavy atom. The molecule has 0 aliphatic carbocycles. The minimum Gasteiger partial charge on any atom is -0.355 e. The number of amides is 1. The molecule has 0 saturated heterocycles. The third-order valence-corrected chi connectivity index (χ3v) is 6.15. The molecule has 2 aromatic carbocycles. The third kappa shape index (κ3) is 3.98. The van der Waals surface area contributed by atoms with Gasteiger partial charge in [-0.05, 0) is 60.9 Å². The van der Waals surface area contributed by atoms with Gasteiger partial charge in [-0.2, -0.15) is 0 Å². The molecule has 5 nitrogen and oxygen atoms in total. The monoisotopic (exact) mass is 404 g/mol. The summed E-state index contributed by atoms with van der Waals surface area (Å²) in [6.45, 7) is 6.91. The van der Waals surface area contributed by atoms with E-state index in [-0.39, 0.29) is 5.91 Å². The summed E-state index contributed by atoms with van der Waals surface area (Å²) in [5.41, 5.74) is 6.69. The topological polar surface area (TPSA) is 59.3 Å². The van der Waals surface area contributed by atoms with Crippen molar-refractivity contribution in [3.63, 3.8) is 0 Å². The molecule has 2 heterocycles. The van der Waals surface area contributed by atoms with Crippen molar-refractivity contribution < 1.29 is 4.79 Å². The van der Waals surface area contributed by atoms with Crippen molar-refractivity contribution in [3.05, 3.63) is 70.8 Å². The van der Waals surface area contributed by atoms with Crippen LogP contribution < -0.4 is 5.32 Å². The van der Waals surface area contributed by atoms with Crippen LogP contribution in [0.4, 0.5) is 0 Å². The molecule has 148 valence electrons. The fourth-order valence-electron chi connectivity index (χ4n) is 3.53. The molecule has 0 fully saturated rings. The smallest absolute Gasteiger partial charge is 0.230 e. The number of carbonyl (C=O) groups is 1. The second-order valence-electron chi connectivity index (χ2n) is 7.29. The molecular weight excluding hydrogens is 380 g/mol. The molecule has 1 N–H and O–H groups in total. The van der Waals surface area contributed by atoms with Crippen LogP contribution in [0, 0.1) is 20.8 Å². The Balaban J connectivity index is 1.51. The van der Waals surface area contributed by atoms with Crippen molar-refractivity contribution >= 4 is 34.2 Å². The van der Waals surface area contributed by atoms with Crippen LogP contribution in [0.2, 0.25) is 0 Å². The molecule has 0 atom stereocenters. The SMILES string of the molecule is Cc1ccc2cc(C)c3nnc(SCC(=O)NCCc4ccccc4)n3c2c1C. The van der Waals surface area contributed by atoms with E-state index in [0.29, 0.717) is 12.3 Å². The highest BCUT2D eigenvalue weighted by Gasteiger charge is 2.15. The molecule has 1 amide bonds. The number of pyridine rings is 1. The summed E-state index contributed by atoms with van der Waals surface area (Å²) in [5.74, 6) is 0.322. The van der Waals surface area contributed by atoms with Gasteiger partial charge >= 0.3 is 0 Å². The number of nitrogens with one attached hydrogen (secondary N) is 1. The molecule has 0 saturated carbocycles. The molecule has 0 unspecified atom stereocenters. The standard InChI is InChI=1S/C23H24N4OS/c1-15-9-10-19-13-16(2)22-25-26-23(27(22)21(19)17(15)3)29-14-20(28)24-12-11-18-7-5-4-6-8-18/h4-10,13H,11-12,14H2,1-3H3,(H,24,28). The van der Waals surface area contributed by atoms with Crippen LogP contribution in [0.3, 0.4) is 0 Å². The number of fused-ring (bicyclic) bond motifs is 3. The Labute approximate surface area is 174 Å². The Hall–Kier alpha value is -2.86. The van der Waals surface area contributed by atoms with E-state index in [2.05, 4.69) is 64.1 Å². The Morgan fingerprint density at radius 3 is 2.62 bits per heavy atom. The van der Waals surface area contributed by atoms with Crippen LogP contribution in [0.25, 0.3) is 16.6 Å². The highest BCUT2D eigenvalue weighted by molar-refractivity contribution is 7.99. The van der Waals surface area contributed by atoms with Gasteiger partial charge in [-0.1, -0.05) is 54.2 Å². The predicted octanol–water partition coefficient (Wildman–Crippen LogP) is 4.26. The molecule has 4 aromatic rings. The van der Waals surface area contributed by atoms with Gasteiger partial charge in [0.15, 0.2) is 10.8 Å². The number of nitrogens with zero attached hydrogens (tertiary/aromatic N) is 3. The van der Waals surface area contributed by atoms with Crippen LogP contribution in [0.5, 0.6) is 0 Å². The van der Waals surface area contributed by atoms with E-state index in [1.165, 1.54) is 28.5 Å². The lowest BCUT2D eigenvalue weighted by molar-refractivity contribution is -0.118. The van der Waals surface area contributed by atoms with Gasteiger partial charge in [-0.3, -0.25) is 9.20 Å². The van der Waals surface area contributed by atoms with Gasteiger partial charge in [0.25, 0.3) is 0 Å². The summed E-state index contributed by atoms with van der Waals surface area (Å²) in [4.78, 5) is 12.3. The number of rotatable bonds is 6. The lowest BCUT2D eigenvalue weighted by atomic mass is 10.0. The van der Waals surface area contributed by atoms with Crippen molar-refractivity contribution in [1.82, 2.24) is 19.9 Å². The van der Waals surface area contributed by atoms with Gasteiger partial charge in [-0.15, -0.1) is 10.2 Å². The first kappa shape index (κ1) is 19.5. The van der Waals surface area contributed by atoms with E-state index in [4.69, 9.17) is 0 Å². The first-order valence-electron chi connectivity index (χ1n) is 9.72. The van der Waals surface area contributed by atoms with E-state index in [1.54, 1.807) is 0 Å². The van der Waals surface area contributed by atoms with Crippen LogP contribution in [-0.2, 0) is 11.2 Å². The van der Waals surface area contributed by atoms with Crippen molar-refractivity contribution in [1.29, 1.82) is 0 Å². The number of benzene rings is 2. The maximum absolute atomic E-state index is 12.3. The zero-order valence-electron chi connectivity index (χ0n) is 16.9. The largest absolute Gasteiger partial charge is 0.355 e. The minimum absolute atomic E-state index is 0.00698. The second kappa shape index (κ2) is 8.25. The maximum atomic E-state index is 12.3. The molecule has 0 spiro atoms. The van der Waals surface area contributed by atoms with Gasteiger partial charge in [0, 0.05) is 6.54 Å². The number of hydrogen-bond donors (Lipinski definition) is 1. The van der Waals surface area contributed by atoms with Crippen molar-refractivity contribution in [2.75, 3.05) is 12.3 Å². The zero-order valence-corrected chi connectivity index (χ0v) is 17.7. The molecule has 2 aromatic heterocycles. The molecule has 29 heavy (non-hydrogen) atoms. The van der Waals surface area contributed by atoms with E-state index in [1.807, 2.05) is 25.1 Å². The van der Waals surface area contributed by atoms with Crippen molar-refractivity contribution in [3.8, 4) is 0 Å². The van der Waals surface area contributed by atoms with Crippen LogP contribution in [-0.4, -0.2) is 32.8 Å². The lowest BCUT2D eigenvalue weighted by Crippen LogP contribution is -2.27. The van der Waals surface area contributed by atoms with Gasteiger partial charge in [0.05, 0.1) is 11.3 Å². The molecule has 0 radical (unpaired) electrons. The summed E-state index contributed by atoms with van der Waals surface area (Å²) < 4.78 is 2.09. The van der Waals surface area contributed by atoms with Crippen LogP contribution in [0.1, 0.15) is 22.3 Å². The molecular formula is C23H24N4OS. The maximum Gasteiger partial charge on any atom is 0.230 e. The molecule has 6 heteroatoms. The minimum atomic E-state index is 0.00698. The quantitative estimate of drug-likeness (QED) is 0.488. The second-order valence-corrected chi connectivity index (χ2v) is 8.23. The van der Waals surface area contributed by atoms with Crippen molar-refractivity contribution in [2.24, 2.45) is 0 Å². The molecule has 0 aliphatic rings. The van der Waals surface area contributed by atoms with E-state index in [0.717, 1.165) is 33.7 Å². The number of thioether (sulfide) groups is 1. The molecule has 0 aliphatic heterocycles. The van der Waals surface area contributed by atoms with Gasteiger partial charge in [0.2, 0.25) is 5.91 Å². The van der Waals surface area contributed by atoms with E-state index < -0.39 is 0 Å². The Morgan fingerprint density at radius 1 is 1.03 bits per heavy atom. The average Bonchev–Trinajstić information content (AvgIpc) is 3.15. The molecule has 0 bridgehead atoms. The van der Waals surface area contributed by atoms with E-state index >= 15 is 0 Å². The fourth-order valence-corrected chi connectivity index (χ4v) is 4.29. The van der Waals surface area contributed by atoms with Crippen LogP contribution in [0.15, 0.2) is 53.7 Å². The first-order chi connectivity index (χ1) is 14.0. The summed E-state index contributed by atoms with van der Waals surface area (Å²) >= 11 is 1.43. The summed E-state index contributed by atoms with van der Waals surface area (Å²) in [5, 5.41) is 13.7. The average molecular weight is 405 g/mol. The lowest BCUT2D eigenvalue weighted by Gasteiger charge is -2.11. The van der Waals surface area contributed by atoms with Crippen molar-refractivity contribution in [2.45, 2.75) is 32.3 Å². The van der Waals surface area contributed by atoms with Crippen LogP contribution >= 0.6 is 11.8 Å². The number of hydrogen-bond acceptors (Lipinski definition) is 4. The third-order valence-electron chi connectivity index (χ3n) is 5.23. The number of aryl methyl sites for hydroxylation is 3. The number of carbonyl (C=O) groups excluding carboxylic acids is 1.